The summed E-state index contributed by atoms with van der Waals surface area (Å²) in [5.74, 6) is 0.732. The molecule has 0 saturated carbocycles. The van der Waals surface area contributed by atoms with Gasteiger partial charge >= 0.3 is 0 Å². The Bertz CT molecular complexity index is 907. The molecule has 25 heavy (non-hydrogen) atoms. The number of aryl methyl sites for hydroxylation is 1. The monoisotopic (exact) mass is 401 g/mol. The zero-order valence-corrected chi connectivity index (χ0v) is 16.0. The largest absolute Gasteiger partial charge is 0.324 e. The summed E-state index contributed by atoms with van der Waals surface area (Å²) in [7, 11) is 1.90. The van der Waals surface area contributed by atoms with Gasteiger partial charge in [0.15, 0.2) is 11.5 Å². The van der Waals surface area contributed by atoms with Crippen LogP contribution in [0.3, 0.4) is 0 Å². The molecule has 1 atom stereocenters. The maximum atomic E-state index is 12.6. The van der Waals surface area contributed by atoms with Gasteiger partial charge in [-0.1, -0.05) is 12.1 Å². The molecule has 3 rings (SSSR count). The van der Waals surface area contributed by atoms with E-state index in [1.807, 2.05) is 72.8 Å². The van der Waals surface area contributed by atoms with Crippen LogP contribution in [0.15, 0.2) is 47.1 Å². The van der Waals surface area contributed by atoms with Gasteiger partial charge in [-0.2, -0.15) is 0 Å². The van der Waals surface area contributed by atoms with E-state index in [1.165, 1.54) is 0 Å². The lowest BCUT2D eigenvalue weighted by Crippen LogP contribution is -2.39. The molecule has 2 aromatic heterocycles. The predicted molar refractivity (Wildman–Crippen MR) is 101 cm³/mol. The molecule has 0 aliphatic carbocycles. The van der Waals surface area contributed by atoms with Crippen molar-refractivity contribution in [2.45, 2.75) is 26.4 Å². The van der Waals surface area contributed by atoms with Crippen molar-refractivity contribution in [1.29, 1.82) is 0 Å². The Morgan fingerprint density at radius 1 is 1.32 bits per heavy atom. The van der Waals surface area contributed by atoms with Gasteiger partial charge in [0.2, 0.25) is 5.91 Å². The minimum atomic E-state index is -0.315. The van der Waals surface area contributed by atoms with Gasteiger partial charge in [0, 0.05) is 10.7 Å². The second kappa shape index (κ2) is 7.33. The smallest absolute Gasteiger partial charge is 0.241 e. The lowest BCUT2D eigenvalue weighted by Gasteiger charge is -2.23. The molecule has 0 spiro atoms. The fourth-order valence-corrected chi connectivity index (χ4v) is 3.11. The molecule has 2 heterocycles. The van der Waals surface area contributed by atoms with Gasteiger partial charge in [-0.25, -0.2) is 0 Å². The third-order valence-corrected chi connectivity index (χ3v) is 4.85. The van der Waals surface area contributed by atoms with Crippen molar-refractivity contribution in [2.24, 2.45) is 0 Å². The lowest BCUT2D eigenvalue weighted by atomic mass is 10.2. The van der Waals surface area contributed by atoms with Gasteiger partial charge in [-0.15, -0.1) is 10.2 Å². The number of carbonyl (C=O) groups excluding carboxylic acids is 1. The molecule has 130 valence electrons. The number of hydrogen-bond donors (Lipinski definition) is 1. The zero-order chi connectivity index (χ0) is 18.0. The number of aromatic nitrogens is 3. The van der Waals surface area contributed by atoms with Crippen LogP contribution in [-0.4, -0.2) is 38.5 Å². The number of nitrogens with zero attached hydrogens (tertiary/aromatic N) is 4. The number of hydrogen-bond acceptors (Lipinski definition) is 4. The summed E-state index contributed by atoms with van der Waals surface area (Å²) in [6, 6.07) is 11.3. The standard InChI is InChI=1S/C18H20BrN5O/c1-12-7-8-15(14(19)10-12)20-18(25)13(2)23(3)11-17-22-21-16-6-4-5-9-24(16)17/h4-10,13H,11H2,1-3H3,(H,20,25). The van der Waals surface area contributed by atoms with Crippen molar-refractivity contribution in [1.82, 2.24) is 19.5 Å². The zero-order valence-electron chi connectivity index (χ0n) is 14.4. The highest BCUT2D eigenvalue weighted by atomic mass is 79.9. The van der Waals surface area contributed by atoms with Crippen LogP contribution in [0.4, 0.5) is 5.69 Å². The number of rotatable bonds is 5. The summed E-state index contributed by atoms with van der Waals surface area (Å²) >= 11 is 3.49. The van der Waals surface area contributed by atoms with Gasteiger partial charge in [-0.3, -0.25) is 14.1 Å². The van der Waals surface area contributed by atoms with E-state index in [2.05, 4.69) is 31.4 Å². The summed E-state index contributed by atoms with van der Waals surface area (Å²) in [6.07, 6.45) is 1.92. The molecule has 3 aromatic rings. The van der Waals surface area contributed by atoms with Gasteiger partial charge in [-0.05, 0) is 66.7 Å². The van der Waals surface area contributed by atoms with Crippen molar-refractivity contribution in [3.63, 3.8) is 0 Å². The summed E-state index contributed by atoms with van der Waals surface area (Å²) in [5, 5.41) is 11.3. The molecule has 1 aromatic carbocycles. The number of anilines is 1. The van der Waals surface area contributed by atoms with Crippen LogP contribution in [0.5, 0.6) is 0 Å². The first-order chi connectivity index (χ1) is 12.0. The average molecular weight is 402 g/mol. The van der Waals surface area contributed by atoms with Crippen molar-refractivity contribution in [3.05, 3.63) is 58.5 Å². The molecule has 0 bridgehead atoms. The quantitative estimate of drug-likeness (QED) is 0.712. The number of likely N-dealkylation sites (N-methyl/N-ethyl adjacent to an activating group) is 1. The van der Waals surface area contributed by atoms with Gasteiger partial charge in [0.05, 0.1) is 18.3 Å². The molecule has 6 nitrogen and oxygen atoms in total. The number of nitrogens with one attached hydrogen (secondary N) is 1. The maximum absolute atomic E-state index is 12.6. The van der Waals surface area contributed by atoms with Crippen LogP contribution in [0, 0.1) is 6.92 Å². The molecule has 7 heteroatoms. The Morgan fingerprint density at radius 2 is 2.12 bits per heavy atom. The molecule has 0 aliphatic heterocycles. The van der Waals surface area contributed by atoms with Crippen molar-refractivity contribution in [2.75, 3.05) is 12.4 Å². The van der Waals surface area contributed by atoms with Crippen molar-refractivity contribution >= 4 is 33.2 Å². The molecule has 0 aliphatic rings. The summed E-state index contributed by atoms with van der Waals surface area (Å²) in [6.45, 7) is 4.41. The Kier molecular flexibility index (Phi) is 5.15. The number of pyridine rings is 1. The SMILES string of the molecule is Cc1ccc(NC(=O)C(C)N(C)Cc2nnc3ccccn23)c(Br)c1. The molecule has 0 radical (unpaired) electrons. The van der Waals surface area contributed by atoms with E-state index < -0.39 is 0 Å². The highest BCUT2D eigenvalue weighted by Gasteiger charge is 2.20. The van der Waals surface area contributed by atoms with Crippen LogP contribution in [0.25, 0.3) is 5.65 Å². The van der Waals surface area contributed by atoms with E-state index >= 15 is 0 Å². The second-order valence-electron chi connectivity index (χ2n) is 6.11. The van der Waals surface area contributed by atoms with Crippen molar-refractivity contribution in [3.8, 4) is 0 Å². The Labute approximate surface area is 155 Å². The molecule has 1 N–H and O–H groups in total. The normalized spacial score (nSPS) is 12.5. The fourth-order valence-electron chi connectivity index (χ4n) is 2.52. The van der Waals surface area contributed by atoms with E-state index in [0.29, 0.717) is 6.54 Å². The number of fused-ring (bicyclic) bond motifs is 1. The second-order valence-corrected chi connectivity index (χ2v) is 6.96. The van der Waals surface area contributed by atoms with E-state index in [4.69, 9.17) is 0 Å². The number of carbonyl (C=O) groups is 1. The highest BCUT2D eigenvalue weighted by molar-refractivity contribution is 9.10. The Morgan fingerprint density at radius 3 is 2.88 bits per heavy atom. The Balaban J connectivity index is 1.69. The topological polar surface area (TPSA) is 62.5 Å². The summed E-state index contributed by atoms with van der Waals surface area (Å²) < 4.78 is 2.80. The summed E-state index contributed by atoms with van der Waals surface area (Å²) in [5.41, 5.74) is 2.70. The molecule has 1 unspecified atom stereocenters. The summed E-state index contributed by atoms with van der Waals surface area (Å²) in [4.78, 5) is 14.5. The first-order valence-electron chi connectivity index (χ1n) is 8.01. The first-order valence-corrected chi connectivity index (χ1v) is 8.81. The number of benzene rings is 1. The first kappa shape index (κ1) is 17.6. The lowest BCUT2D eigenvalue weighted by molar-refractivity contribution is -0.120. The number of halogens is 1. The highest BCUT2D eigenvalue weighted by Crippen LogP contribution is 2.23. The van der Waals surface area contributed by atoms with E-state index in [-0.39, 0.29) is 11.9 Å². The maximum Gasteiger partial charge on any atom is 0.241 e. The van der Waals surface area contributed by atoms with Gasteiger partial charge in [0.25, 0.3) is 0 Å². The predicted octanol–water partition coefficient (Wildman–Crippen LogP) is 3.26. The van der Waals surface area contributed by atoms with E-state index in [9.17, 15) is 4.79 Å². The molecule has 0 fully saturated rings. The van der Waals surface area contributed by atoms with Gasteiger partial charge in [0.1, 0.15) is 0 Å². The van der Waals surface area contributed by atoms with Crippen LogP contribution in [-0.2, 0) is 11.3 Å². The van der Waals surface area contributed by atoms with Gasteiger partial charge < -0.3 is 5.32 Å². The molecule has 0 saturated heterocycles. The molecular formula is C18H20BrN5O. The molecule has 1 amide bonds. The van der Waals surface area contributed by atoms with E-state index in [0.717, 1.165) is 27.2 Å². The third kappa shape index (κ3) is 3.88. The van der Waals surface area contributed by atoms with Crippen LogP contribution in [0.1, 0.15) is 18.3 Å². The Hall–Kier alpha value is -2.25. The van der Waals surface area contributed by atoms with Crippen LogP contribution < -0.4 is 5.32 Å². The van der Waals surface area contributed by atoms with Crippen LogP contribution in [0.2, 0.25) is 0 Å². The molecular weight excluding hydrogens is 382 g/mol. The fraction of sp³-hybridized carbons (Fsp3) is 0.278. The van der Waals surface area contributed by atoms with Crippen LogP contribution >= 0.6 is 15.9 Å². The minimum absolute atomic E-state index is 0.0686. The minimum Gasteiger partial charge on any atom is -0.324 e. The van der Waals surface area contributed by atoms with E-state index in [1.54, 1.807) is 0 Å². The average Bonchev–Trinajstić information content (AvgIpc) is 2.99. The number of amides is 1. The third-order valence-electron chi connectivity index (χ3n) is 4.20. The van der Waals surface area contributed by atoms with Crippen molar-refractivity contribution < 1.29 is 4.79 Å².